The maximum absolute atomic E-state index is 10.1. The predicted molar refractivity (Wildman–Crippen MR) is 61.8 cm³/mol. The number of ether oxygens (including phenoxy) is 1. The highest BCUT2D eigenvalue weighted by Gasteiger charge is 2.29. The molecule has 0 aliphatic rings. The summed E-state index contributed by atoms with van der Waals surface area (Å²) in [4.78, 5) is 0. The lowest BCUT2D eigenvalue weighted by Gasteiger charge is -2.30. The average molecular weight is 208 g/mol. The van der Waals surface area contributed by atoms with Gasteiger partial charge >= 0.3 is 0 Å². The summed E-state index contributed by atoms with van der Waals surface area (Å²) < 4.78 is 5.53. The molecular weight excluding hydrogens is 188 g/mol. The highest BCUT2D eigenvalue weighted by molar-refractivity contribution is 5.24. The molecule has 1 rings (SSSR count). The summed E-state index contributed by atoms with van der Waals surface area (Å²) >= 11 is 0. The zero-order chi connectivity index (χ0) is 11.5. The number of aryl methyl sites for hydroxylation is 1. The molecule has 1 aromatic rings. The van der Waals surface area contributed by atoms with Crippen LogP contribution in [-0.2, 0) is 4.74 Å². The minimum Gasteiger partial charge on any atom is -0.385 e. The Kier molecular flexibility index (Phi) is 3.89. The van der Waals surface area contributed by atoms with Gasteiger partial charge in [0.2, 0.25) is 0 Å². The number of aliphatic hydroxyl groups excluding tert-OH is 1. The maximum atomic E-state index is 10.1. The van der Waals surface area contributed by atoms with E-state index in [2.05, 4.69) is 0 Å². The molecule has 0 bridgehead atoms. The molecule has 0 spiro atoms. The minimum atomic E-state index is -0.585. The van der Waals surface area contributed by atoms with Gasteiger partial charge in [-0.1, -0.05) is 29.8 Å². The lowest BCUT2D eigenvalue weighted by atomic mass is 9.94. The zero-order valence-corrected chi connectivity index (χ0v) is 9.95. The van der Waals surface area contributed by atoms with Gasteiger partial charge in [0.1, 0.15) is 6.10 Å². The Balaban J connectivity index is 2.84. The van der Waals surface area contributed by atoms with E-state index in [1.165, 1.54) is 5.56 Å². The first kappa shape index (κ1) is 12.2. The van der Waals surface area contributed by atoms with Gasteiger partial charge in [0.25, 0.3) is 0 Å². The lowest BCUT2D eigenvalue weighted by Crippen LogP contribution is -2.32. The van der Waals surface area contributed by atoms with Gasteiger partial charge in [-0.3, -0.25) is 0 Å². The summed E-state index contributed by atoms with van der Waals surface area (Å²) in [6.07, 6.45) is -0.585. The molecule has 2 heteroatoms. The molecule has 0 heterocycles. The van der Waals surface area contributed by atoms with E-state index in [9.17, 15) is 5.11 Å². The van der Waals surface area contributed by atoms with Crippen LogP contribution in [0.5, 0.6) is 0 Å². The molecule has 1 N–H and O–H groups in total. The van der Waals surface area contributed by atoms with Gasteiger partial charge in [-0.15, -0.1) is 0 Å². The highest BCUT2D eigenvalue weighted by Crippen LogP contribution is 2.28. The van der Waals surface area contributed by atoms with Crippen LogP contribution in [0.25, 0.3) is 0 Å². The highest BCUT2D eigenvalue weighted by atomic mass is 16.5. The van der Waals surface area contributed by atoms with Crippen LogP contribution in [0.2, 0.25) is 0 Å². The third kappa shape index (κ3) is 3.05. The average Bonchev–Trinajstić information content (AvgIpc) is 2.18. The van der Waals surface area contributed by atoms with Crippen LogP contribution in [0, 0.1) is 6.92 Å². The standard InChI is InChI=1S/C13H20O2/c1-5-15-13(3,4)12(14)11-8-6-10(2)7-9-11/h6-9,12,14H,5H2,1-4H3. The van der Waals surface area contributed by atoms with Crippen molar-refractivity contribution in [2.24, 2.45) is 0 Å². The molecule has 84 valence electrons. The van der Waals surface area contributed by atoms with E-state index in [1.54, 1.807) is 0 Å². The molecule has 0 saturated carbocycles. The molecule has 0 amide bonds. The van der Waals surface area contributed by atoms with Crippen molar-refractivity contribution in [1.29, 1.82) is 0 Å². The van der Waals surface area contributed by atoms with Gasteiger partial charge in [0.15, 0.2) is 0 Å². The van der Waals surface area contributed by atoms with Crippen molar-refractivity contribution in [1.82, 2.24) is 0 Å². The van der Waals surface area contributed by atoms with E-state index < -0.39 is 11.7 Å². The van der Waals surface area contributed by atoms with Crippen molar-refractivity contribution in [3.05, 3.63) is 35.4 Å². The second-order valence-electron chi connectivity index (χ2n) is 4.35. The summed E-state index contributed by atoms with van der Waals surface area (Å²) in [5.41, 5.74) is 1.56. The van der Waals surface area contributed by atoms with Gasteiger partial charge in [0.05, 0.1) is 5.60 Å². The molecule has 0 fully saturated rings. The van der Waals surface area contributed by atoms with Crippen molar-refractivity contribution in [3.8, 4) is 0 Å². The van der Waals surface area contributed by atoms with E-state index in [4.69, 9.17) is 4.74 Å². The predicted octanol–water partition coefficient (Wildman–Crippen LogP) is 2.84. The fourth-order valence-corrected chi connectivity index (χ4v) is 1.60. The minimum absolute atomic E-state index is 0.538. The molecule has 0 radical (unpaired) electrons. The number of hydrogen-bond acceptors (Lipinski definition) is 2. The molecule has 1 aromatic carbocycles. The van der Waals surface area contributed by atoms with Gasteiger partial charge in [0, 0.05) is 6.61 Å². The van der Waals surface area contributed by atoms with Gasteiger partial charge < -0.3 is 9.84 Å². The largest absolute Gasteiger partial charge is 0.385 e. The summed E-state index contributed by atoms with van der Waals surface area (Å²) in [7, 11) is 0. The molecule has 1 unspecified atom stereocenters. The quantitative estimate of drug-likeness (QED) is 0.824. The number of hydrogen-bond donors (Lipinski definition) is 1. The Morgan fingerprint density at radius 1 is 1.27 bits per heavy atom. The molecule has 0 aliphatic heterocycles. The third-order valence-corrected chi connectivity index (χ3v) is 2.57. The van der Waals surface area contributed by atoms with Crippen LogP contribution in [0.4, 0.5) is 0 Å². The van der Waals surface area contributed by atoms with Crippen LogP contribution in [0.15, 0.2) is 24.3 Å². The monoisotopic (exact) mass is 208 g/mol. The first-order chi connectivity index (χ1) is 6.97. The Morgan fingerprint density at radius 3 is 2.27 bits per heavy atom. The molecular formula is C13H20O2. The maximum Gasteiger partial charge on any atom is 0.107 e. The Morgan fingerprint density at radius 2 is 1.80 bits per heavy atom. The smallest absolute Gasteiger partial charge is 0.107 e. The van der Waals surface area contributed by atoms with Crippen LogP contribution in [-0.4, -0.2) is 17.3 Å². The summed E-state index contributed by atoms with van der Waals surface area (Å²) in [5, 5.41) is 10.1. The van der Waals surface area contributed by atoms with Gasteiger partial charge in [-0.25, -0.2) is 0 Å². The number of aliphatic hydroxyl groups is 1. The Labute approximate surface area is 91.9 Å². The molecule has 0 saturated heterocycles. The Hall–Kier alpha value is -0.860. The topological polar surface area (TPSA) is 29.5 Å². The fraction of sp³-hybridized carbons (Fsp3) is 0.538. The van der Waals surface area contributed by atoms with Crippen molar-refractivity contribution in [2.75, 3.05) is 6.61 Å². The first-order valence-electron chi connectivity index (χ1n) is 5.36. The van der Waals surface area contributed by atoms with Crippen molar-refractivity contribution < 1.29 is 9.84 Å². The van der Waals surface area contributed by atoms with Crippen molar-refractivity contribution in [3.63, 3.8) is 0 Å². The van der Waals surface area contributed by atoms with Crippen LogP contribution >= 0.6 is 0 Å². The van der Waals surface area contributed by atoms with E-state index >= 15 is 0 Å². The van der Waals surface area contributed by atoms with E-state index in [1.807, 2.05) is 52.0 Å². The van der Waals surface area contributed by atoms with Crippen LogP contribution in [0.3, 0.4) is 0 Å². The van der Waals surface area contributed by atoms with Gasteiger partial charge in [-0.05, 0) is 33.3 Å². The van der Waals surface area contributed by atoms with Crippen molar-refractivity contribution >= 4 is 0 Å². The zero-order valence-electron chi connectivity index (χ0n) is 9.95. The summed E-state index contributed by atoms with van der Waals surface area (Å²) in [5.74, 6) is 0. The molecule has 0 aliphatic carbocycles. The fourth-order valence-electron chi connectivity index (χ4n) is 1.60. The van der Waals surface area contributed by atoms with Crippen LogP contribution in [0.1, 0.15) is 38.0 Å². The second-order valence-corrected chi connectivity index (χ2v) is 4.35. The number of rotatable bonds is 4. The summed E-state index contributed by atoms with van der Waals surface area (Å²) in [6, 6.07) is 7.89. The molecule has 0 aromatic heterocycles. The second kappa shape index (κ2) is 4.77. The SMILES string of the molecule is CCOC(C)(C)C(O)c1ccc(C)cc1. The van der Waals surface area contributed by atoms with Crippen molar-refractivity contribution in [2.45, 2.75) is 39.4 Å². The number of benzene rings is 1. The van der Waals surface area contributed by atoms with E-state index in [0.717, 1.165) is 5.56 Å². The van der Waals surface area contributed by atoms with E-state index in [-0.39, 0.29) is 0 Å². The summed E-state index contributed by atoms with van der Waals surface area (Å²) in [6.45, 7) is 8.38. The van der Waals surface area contributed by atoms with Crippen LogP contribution < -0.4 is 0 Å². The van der Waals surface area contributed by atoms with E-state index in [0.29, 0.717) is 6.61 Å². The lowest BCUT2D eigenvalue weighted by molar-refractivity contribution is -0.0983. The first-order valence-corrected chi connectivity index (χ1v) is 5.36. The Bertz CT molecular complexity index is 301. The molecule has 2 nitrogen and oxygen atoms in total. The van der Waals surface area contributed by atoms with Gasteiger partial charge in [-0.2, -0.15) is 0 Å². The normalized spacial score (nSPS) is 13.9. The molecule has 15 heavy (non-hydrogen) atoms. The molecule has 1 atom stereocenters. The third-order valence-electron chi connectivity index (χ3n) is 2.57.